The molecule has 12 heteroatoms. The zero-order chi connectivity index (χ0) is 30.0. The van der Waals surface area contributed by atoms with Crippen LogP contribution in [0.4, 0.5) is 10.1 Å². The first-order valence-corrected chi connectivity index (χ1v) is 15.4. The van der Waals surface area contributed by atoms with E-state index >= 15 is 0 Å². The van der Waals surface area contributed by atoms with E-state index in [0.29, 0.717) is 56.2 Å². The van der Waals surface area contributed by atoms with Gasteiger partial charge in [-0.15, -0.1) is 0 Å². The quantitative estimate of drug-likeness (QED) is 0.256. The molecule has 1 N–H and O–H groups in total. The number of nitrogens with zero attached hydrogens (tertiary/aromatic N) is 4. The molecule has 42 heavy (non-hydrogen) atoms. The number of aliphatic hydroxyl groups excluding tert-OH is 1. The predicted octanol–water partition coefficient (Wildman–Crippen LogP) is 4.37. The van der Waals surface area contributed by atoms with Crippen molar-refractivity contribution in [2.45, 2.75) is 36.2 Å². The summed E-state index contributed by atoms with van der Waals surface area (Å²) in [5.74, 6) is -0.00419. The number of halogens is 1. The Morgan fingerprint density at radius 3 is 2.50 bits per heavy atom. The molecule has 0 saturated carbocycles. The number of benzene rings is 3. The molecule has 0 bridgehead atoms. The summed E-state index contributed by atoms with van der Waals surface area (Å²) in [5, 5.41) is 21.2. The molecule has 1 fully saturated rings. The van der Waals surface area contributed by atoms with E-state index in [1.807, 2.05) is 43.1 Å². The van der Waals surface area contributed by atoms with E-state index in [1.54, 1.807) is 0 Å². The highest BCUT2D eigenvalue weighted by Crippen LogP contribution is 2.56. The Balaban J connectivity index is 1.65. The minimum atomic E-state index is -4.46. The molecular formula is C30H35FN4O6S. The highest BCUT2D eigenvalue weighted by atomic mass is 32.2. The van der Waals surface area contributed by atoms with E-state index in [9.17, 15) is 28.0 Å². The monoisotopic (exact) mass is 598 g/mol. The zero-order valence-electron chi connectivity index (χ0n) is 23.6. The van der Waals surface area contributed by atoms with Crippen LogP contribution in [0.5, 0.6) is 11.5 Å². The Bertz CT molecular complexity index is 1550. The molecule has 3 aromatic rings. The van der Waals surface area contributed by atoms with Crippen LogP contribution >= 0.6 is 0 Å². The van der Waals surface area contributed by atoms with Crippen molar-refractivity contribution in [1.82, 2.24) is 14.1 Å². The number of likely N-dealkylation sites (N-methyl/N-ethyl adjacent to an activating group) is 2. The van der Waals surface area contributed by atoms with Gasteiger partial charge in [-0.2, -0.15) is 4.31 Å². The summed E-state index contributed by atoms with van der Waals surface area (Å²) in [6.45, 7) is 4.84. The Morgan fingerprint density at radius 1 is 1.05 bits per heavy atom. The average Bonchev–Trinajstić information content (AvgIpc) is 3.30. The summed E-state index contributed by atoms with van der Waals surface area (Å²) in [4.78, 5) is 15.0. The van der Waals surface area contributed by atoms with Crippen molar-refractivity contribution in [3.8, 4) is 11.5 Å². The van der Waals surface area contributed by atoms with Crippen molar-refractivity contribution < 1.29 is 27.6 Å². The molecule has 2 heterocycles. The normalized spacial score (nSPS) is 20.1. The van der Waals surface area contributed by atoms with Crippen LogP contribution in [-0.2, 0) is 10.0 Å². The second-order valence-corrected chi connectivity index (χ2v) is 12.6. The van der Waals surface area contributed by atoms with E-state index < -0.39 is 43.4 Å². The number of rotatable bonds is 11. The molecule has 224 valence electrons. The number of sulfonamides is 1. The molecule has 10 nitrogen and oxygen atoms in total. The number of hydrogen-bond acceptors (Lipinski definition) is 8. The van der Waals surface area contributed by atoms with E-state index in [4.69, 9.17) is 4.74 Å². The standard InChI is InChI=1S/C30H35FN4O6S/c1-3-33(15-14-32(2)16-17-36)20-22-19-24-23-8-4-6-10-27(23)41-28-13-12-21(31)18-25(28)30(24)34(22)42(39,40)29-11-7-5-9-26(29)35(37)38/h4-13,18,22,24,30,36H,3,14-17,19-20H2,1-2H3/t22-,24-,30+/m1/s1. The number of aliphatic hydroxyl groups is 1. The van der Waals surface area contributed by atoms with Crippen LogP contribution in [0.2, 0.25) is 0 Å². The number of fused-ring (bicyclic) bond motifs is 5. The third kappa shape index (κ3) is 5.77. The average molecular weight is 599 g/mol. The number of nitro groups is 1. The topological polar surface area (TPSA) is 116 Å². The van der Waals surface area contributed by atoms with Gasteiger partial charge < -0.3 is 19.6 Å². The lowest BCUT2D eigenvalue weighted by Crippen LogP contribution is -2.46. The first-order valence-electron chi connectivity index (χ1n) is 14.0. The molecule has 3 aromatic carbocycles. The minimum Gasteiger partial charge on any atom is -0.457 e. The lowest BCUT2D eigenvalue weighted by molar-refractivity contribution is -0.387. The molecule has 1 saturated heterocycles. The fourth-order valence-electron chi connectivity index (χ4n) is 6.13. The predicted molar refractivity (Wildman–Crippen MR) is 156 cm³/mol. The summed E-state index contributed by atoms with van der Waals surface area (Å²) in [6, 6.07) is 15.4. The van der Waals surface area contributed by atoms with Gasteiger partial charge in [-0.3, -0.25) is 10.1 Å². The largest absolute Gasteiger partial charge is 0.457 e. The smallest absolute Gasteiger partial charge is 0.289 e. The second-order valence-electron chi connectivity index (χ2n) is 10.7. The Hall–Kier alpha value is -3.42. The first-order chi connectivity index (χ1) is 20.1. The summed E-state index contributed by atoms with van der Waals surface area (Å²) in [6.07, 6.45) is 0.407. The summed E-state index contributed by atoms with van der Waals surface area (Å²) in [7, 11) is -2.55. The Kier molecular flexibility index (Phi) is 8.90. The van der Waals surface area contributed by atoms with Gasteiger partial charge in [0.25, 0.3) is 15.7 Å². The number of ether oxygens (including phenoxy) is 1. The lowest BCUT2D eigenvalue weighted by atomic mass is 9.87. The van der Waals surface area contributed by atoms with Gasteiger partial charge in [-0.25, -0.2) is 12.8 Å². The maximum atomic E-state index is 14.8. The van der Waals surface area contributed by atoms with Crippen LogP contribution in [0.15, 0.2) is 71.6 Å². The molecule has 0 amide bonds. The highest BCUT2D eigenvalue weighted by Gasteiger charge is 2.52. The van der Waals surface area contributed by atoms with E-state index in [1.165, 1.54) is 46.8 Å². The van der Waals surface area contributed by atoms with Gasteiger partial charge in [0.05, 0.1) is 17.6 Å². The SMILES string of the molecule is CCN(CCN(C)CCO)C[C@H]1C[C@@H]2c3ccccc3Oc3ccc(F)cc3[C@H]2N1S(=O)(=O)c1ccccc1[N+](=O)[O-]. The maximum absolute atomic E-state index is 14.8. The summed E-state index contributed by atoms with van der Waals surface area (Å²) in [5.41, 5.74) is 0.670. The van der Waals surface area contributed by atoms with Crippen LogP contribution < -0.4 is 4.74 Å². The molecule has 0 aliphatic carbocycles. The van der Waals surface area contributed by atoms with Crippen LogP contribution in [0.3, 0.4) is 0 Å². The Labute approximate surface area is 245 Å². The fourth-order valence-corrected chi connectivity index (χ4v) is 8.12. The van der Waals surface area contributed by atoms with Crippen molar-refractivity contribution in [2.24, 2.45) is 0 Å². The van der Waals surface area contributed by atoms with E-state index in [0.717, 1.165) is 5.56 Å². The van der Waals surface area contributed by atoms with Gasteiger partial charge in [0.1, 0.15) is 17.3 Å². The van der Waals surface area contributed by atoms with Crippen LogP contribution in [0, 0.1) is 15.9 Å². The van der Waals surface area contributed by atoms with Gasteiger partial charge in [0.2, 0.25) is 0 Å². The third-order valence-electron chi connectivity index (χ3n) is 8.18. The van der Waals surface area contributed by atoms with Crippen molar-refractivity contribution in [1.29, 1.82) is 0 Å². The first kappa shape index (κ1) is 30.1. The molecular weight excluding hydrogens is 563 g/mol. The lowest BCUT2D eigenvalue weighted by Gasteiger charge is -2.33. The van der Waals surface area contributed by atoms with Crippen molar-refractivity contribution >= 4 is 15.7 Å². The molecule has 2 aliphatic heterocycles. The Morgan fingerprint density at radius 2 is 1.76 bits per heavy atom. The second kappa shape index (κ2) is 12.4. The van der Waals surface area contributed by atoms with Gasteiger partial charge in [0.15, 0.2) is 4.90 Å². The number of nitro benzene ring substituents is 1. The molecule has 2 aliphatic rings. The van der Waals surface area contributed by atoms with Crippen molar-refractivity contribution in [3.05, 3.63) is 93.8 Å². The van der Waals surface area contributed by atoms with Crippen LogP contribution in [-0.4, -0.2) is 85.0 Å². The maximum Gasteiger partial charge on any atom is 0.289 e. The van der Waals surface area contributed by atoms with Crippen LogP contribution in [0.25, 0.3) is 0 Å². The van der Waals surface area contributed by atoms with Gasteiger partial charge in [0, 0.05) is 49.8 Å². The molecule has 0 unspecified atom stereocenters. The highest BCUT2D eigenvalue weighted by molar-refractivity contribution is 7.89. The van der Waals surface area contributed by atoms with Gasteiger partial charge in [-0.1, -0.05) is 37.3 Å². The third-order valence-corrected chi connectivity index (χ3v) is 10.2. The molecule has 0 aromatic heterocycles. The number of hydrogen-bond donors (Lipinski definition) is 1. The van der Waals surface area contributed by atoms with Crippen LogP contribution in [0.1, 0.15) is 36.4 Å². The molecule has 0 spiro atoms. The fraction of sp³-hybridized carbons (Fsp3) is 0.400. The minimum absolute atomic E-state index is 0.0357. The summed E-state index contributed by atoms with van der Waals surface area (Å²) < 4.78 is 51.6. The van der Waals surface area contributed by atoms with Crippen molar-refractivity contribution in [2.75, 3.05) is 46.4 Å². The van der Waals surface area contributed by atoms with E-state index in [-0.39, 0.29) is 12.5 Å². The van der Waals surface area contributed by atoms with Crippen molar-refractivity contribution in [3.63, 3.8) is 0 Å². The molecule has 5 rings (SSSR count). The molecule has 3 atom stereocenters. The van der Waals surface area contributed by atoms with E-state index in [2.05, 4.69) is 4.90 Å². The molecule has 0 radical (unpaired) electrons. The summed E-state index contributed by atoms with van der Waals surface area (Å²) >= 11 is 0. The van der Waals surface area contributed by atoms with Gasteiger partial charge in [-0.05, 0) is 55.9 Å². The number of para-hydroxylation sites is 2. The zero-order valence-corrected chi connectivity index (χ0v) is 24.4. The van der Waals surface area contributed by atoms with Gasteiger partial charge >= 0.3 is 0 Å².